The van der Waals surface area contributed by atoms with E-state index in [1.165, 1.54) is 12.8 Å². The third-order valence-electron chi connectivity index (χ3n) is 3.39. The highest BCUT2D eigenvalue weighted by atomic mass is 16.5. The van der Waals surface area contributed by atoms with Gasteiger partial charge in [-0.25, -0.2) is 0 Å². The Morgan fingerprint density at radius 3 is 2.95 bits per heavy atom. The Labute approximate surface area is 125 Å². The summed E-state index contributed by atoms with van der Waals surface area (Å²) in [7, 11) is 0. The molecule has 0 bridgehead atoms. The minimum absolute atomic E-state index is 0.196. The van der Waals surface area contributed by atoms with E-state index in [0.717, 1.165) is 18.9 Å². The first-order chi connectivity index (χ1) is 10.2. The summed E-state index contributed by atoms with van der Waals surface area (Å²) in [6.07, 6.45) is 3.39. The van der Waals surface area contributed by atoms with E-state index in [0.29, 0.717) is 36.8 Å². The molecule has 1 aromatic carbocycles. The van der Waals surface area contributed by atoms with Gasteiger partial charge in [0.2, 0.25) is 0 Å². The summed E-state index contributed by atoms with van der Waals surface area (Å²) >= 11 is 0. The lowest BCUT2D eigenvalue weighted by Crippen LogP contribution is -2.26. The smallest absolute Gasteiger partial charge is 0.257 e. The second-order valence-corrected chi connectivity index (χ2v) is 5.28. The van der Waals surface area contributed by atoms with Gasteiger partial charge in [-0.3, -0.25) is 4.79 Å². The van der Waals surface area contributed by atoms with Crippen molar-refractivity contribution in [1.29, 1.82) is 0 Å². The number of nitrogens with one attached hydrogen (secondary N) is 1. The molecule has 0 spiro atoms. The van der Waals surface area contributed by atoms with Gasteiger partial charge in [-0.1, -0.05) is 6.07 Å². The summed E-state index contributed by atoms with van der Waals surface area (Å²) in [4.78, 5) is 12.2. The molecule has 3 N–H and O–H groups in total. The van der Waals surface area contributed by atoms with E-state index in [4.69, 9.17) is 15.2 Å². The van der Waals surface area contributed by atoms with Crippen molar-refractivity contribution >= 4 is 11.6 Å². The fraction of sp³-hybridized carbons (Fsp3) is 0.562. The molecule has 1 aliphatic carbocycles. The maximum absolute atomic E-state index is 12.2. The predicted octanol–water partition coefficient (Wildman–Crippen LogP) is 2.21. The molecule has 21 heavy (non-hydrogen) atoms. The first-order valence-corrected chi connectivity index (χ1v) is 7.59. The molecule has 0 saturated heterocycles. The molecule has 2 rings (SSSR count). The Hall–Kier alpha value is -1.75. The van der Waals surface area contributed by atoms with Gasteiger partial charge in [0.05, 0.1) is 6.61 Å². The maximum atomic E-state index is 12.2. The van der Waals surface area contributed by atoms with Crippen LogP contribution in [0.4, 0.5) is 5.69 Å². The monoisotopic (exact) mass is 292 g/mol. The molecule has 1 fully saturated rings. The average molecular weight is 292 g/mol. The van der Waals surface area contributed by atoms with Gasteiger partial charge in [0, 0.05) is 25.4 Å². The number of carbonyl (C=O) groups is 1. The van der Waals surface area contributed by atoms with Crippen molar-refractivity contribution in [3.63, 3.8) is 0 Å². The molecular formula is C16H24N2O3. The second-order valence-electron chi connectivity index (χ2n) is 5.28. The van der Waals surface area contributed by atoms with E-state index in [1.807, 2.05) is 6.92 Å². The Kier molecular flexibility index (Phi) is 5.87. The van der Waals surface area contributed by atoms with Gasteiger partial charge in [-0.15, -0.1) is 0 Å². The zero-order valence-corrected chi connectivity index (χ0v) is 12.6. The van der Waals surface area contributed by atoms with Crippen molar-refractivity contribution in [2.24, 2.45) is 5.92 Å². The zero-order valence-electron chi connectivity index (χ0n) is 12.6. The van der Waals surface area contributed by atoms with Gasteiger partial charge in [0.25, 0.3) is 5.91 Å². The first-order valence-electron chi connectivity index (χ1n) is 7.59. The molecule has 0 heterocycles. The lowest BCUT2D eigenvalue weighted by molar-refractivity contribution is 0.0934. The normalized spacial score (nSPS) is 14.0. The van der Waals surface area contributed by atoms with Crippen molar-refractivity contribution in [2.75, 3.05) is 32.1 Å². The van der Waals surface area contributed by atoms with Gasteiger partial charge in [0.1, 0.15) is 11.3 Å². The van der Waals surface area contributed by atoms with Crippen LogP contribution in [-0.4, -0.2) is 32.3 Å². The Morgan fingerprint density at radius 1 is 1.43 bits per heavy atom. The van der Waals surface area contributed by atoms with E-state index in [9.17, 15) is 4.79 Å². The van der Waals surface area contributed by atoms with Crippen molar-refractivity contribution in [3.8, 4) is 5.75 Å². The summed E-state index contributed by atoms with van der Waals surface area (Å²) in [5, 5.41) is 2.86. The average Bonchev–Trinajstić information content (AvgIpc) is 3.27. The highest BCUT2D eigenvalue weighted by Crippen LogP contribution is 2.28. The lowest BCUT2D eigenvalue weighted by atomic mass is 10.1. The fourth-order valence-electron chi connectivity index (χ4n) is 2.07. The molecule has 0 radical (unpaired) electrons. The van der Waals surface area contributed by atoms with Crippen molar-refractivity contribution in [2.45, 2.75) is 26.2 Å². The standard InChI is InChI=1S/C16H24N2O3/c1-2-21-14-6-3-5-13(17)15(14)16(19)18-9-4-10-20-11-12-7-8-12/h3,5-6,12H,2,4,7-11,17H2,1H3,(H,18,19). The number of ether oxygens (including phenoxy) is 2. The number of anilines is 1. The highest BCUT2D eigenvalue weighted by Gasteiger charge is 2.21. The molecule has 0 atom stereocenters. The Morgan fingerprint density at radius 2 is 2.24 bits per heavy atom. The van der Waals surface area contributed by atoms with Crippen molar-refractivity contribution in [1.82, 2.24) is 5.32 Å². The van der Waals surface area contributed by atoms with Crippen molar-refractivity contribution in [3.05, 3.63) is 23.8 Å². The summed E-state index contributed by atoms with van der Waals surface area (Å²) in [5.74, 6) is 1.11. The molecule has 1 aliphatic rings. The third kappa shape index (κ3) is 4.93. The topological polar surface area (TPSA) is 73.6 Å². The fourth-order valence-corrected chi connectivity index (χ4v) is 2.07. The molecule has 116 valence electrons. The van der Waals surface area contributed by atoms with Crippen LogP contribution in [0.3, 0.4) is 0 Å². The summed E-state index contributed by atoms with van der Waals surface area (Å²) < 4.78 is 11.0. The van der Waals surface area contributed by atoms with Crippen LogP contribution in [0.15, 0.2) is 18.2 Å². The predicted molar refractivity (Wildman–Crippen MR) is 82.5 cm³/mol. The number of carbonyl (C=O) groups excluding carboxylic acids is 1. The third-order valence-corrected chi connectivity index (χ3v) is 3.39. The molecular weight excluding hydrogens is 268 g/mol. The van der Waals surface area contributed by atoms with Gasteiger partial charge < -0.3 is 20.5 Å². The van der Waals surface area contributed by atoms with Crippen LogP contribution in [0.5, 0.6) is 5.75 Å². The van der Waals surface area contributed by atoms with Gasteiger partial charge in [-0.2, -0.15) is 0 Å². The van der Waals surface area contributed by atoms with Crippen LogP contribution in [0.25, 0.3) is 0 Å². The van der Waals surface area contributed by atoms with Gasteiger partial charge in [-0.05, 0) is 44.2 Å². The molecule has 0 unspecified atom stereocenters. The number of hydrogen-bond donors (Lipinski definition) is 2. The summed E-state index contributed by atoms with van der Waals surface area (Å²) in [6.45, 7) is 4.48. The number of amides is 1. The Balaban J connectivity index is 1.76. The summed E-state index contributed by atoms with van der Waals surface area (Å²) in [5.41, 5.74) is 6.73. The van der Waals surface area contributed by atoms with E-state index in [1.54, 1.807) is 18.2 Å². The zero-order chi connectivity index (χ0) is 15.1. The van der Waals surface area contributed by atoms with E-state index < -0.39 is 0 Å². The molecule has 5 nitrogen and oxygen atoms in total. The molecule has 1 saturated carbocycles. The van der Waals surface area contributed by atoms with Gasteiger partial charge >= 0.3 is 0 Å². The molecule has 1 amide bonds. The van der Waals surface area contributed by atoms with Crippen LogP contribution in [0, 0.1) is 5.92 Å². The molecule has 5 heteroatoms. The minimum atomic E-state index is -0.196. The lowest BCUT2D eigenvalue weighted by Gasteiger charge is -2.12. The van der Waals surface area contributed by atoms with Crippen LogP contribution < -0.4 is 15.8 Å². The van der Waals surface area contributed by atoms with Crippen LogP contribution >= 0.6 is 0 Å². The number of rotatable bonds is 9. The van der Waals surface area contributed by atoms with Crippen LogP contribution in [0.1, 0.15) is 36.5 Å². The molecule has 0 aromatic heterocycles. The van der Waals surface area contributed by atoms with Crippen molar-refractivity contribution < 1.29 is 14.3 Å². The van der Waals surface area contributed by atoms with Crippen LogP contribution in [-0.2, 0) is 4.74 Å². The SMILES string of the molecule is CCOc1cccc(N)c1C(=O)NCCCOCC1CC1. The molecule has 1 aromatic rings. The summed E-state index contributed by atoms with van der Waals surface area (Å²) in [6, 6.07) is 5.24. The number of benzene rings is 1. The van der Waals surface area contributed by atoms with E-state index in [2.05, 4.69) is 5.32 Å². The maximum Gasteiger partial charge on any atom is 0.257 e. The number of nitrogen functional groups attached to an aromatic ring is 1. The highest BCUT2D eigenvalue weighted by molar-refractivity contribution is 6.01. The second kappa shape index (κ2) is 7.88. The quantitative estimate of drug-likeness (QED) is 0.540. The first kappa shape index (κ1) is 15.6. The van der Waals surface area contributed by atoms with Gasteiger partial charge in [0.15, 0.2) is 0 Å². The minimum Gasteiger partial charge on any atom is -0.493 e. The van der Waals surface area contributed by atoms with Crippen LogP contribution in [0.2, 0.25) is 0 Å². The number of hydrogen-bond acceptors (Lipinski definition) is 4. The largest absolute Gasteiger partial charge is 0.493 e. The van der Waals surface area contributed by atoms with E-state index in [-0.39, 0.29) is 5.91 Å². The van der Waals surface area contributed by atoms with E-state index >= 15 is 0 Å². The number of nitrogens with two attached hydrogens (primary N) is 1. The Bertz CT molecular complexity index is 473. The molecule has 0 aliphatic heterocycles.